The Balaban J connectivity index is 1.71. The number of phenolic OH excluding ortho intramolecular Hbond substituents is 1. The van der Waals surface area contributed by atoms with Crippen molar-refractivity contribution in [2.75, 3.05) is 0 Å². The van der Waals surface area contributed by atoms with Gasteiger partial charge in [-0.1, -0.05) is 12.1 Å². The molecule has 1 radical (unpaired) electrons. The van der Waals surface area contributed by atoms with Crippen LogP contribution in [0.15, 0.2) is 60.7 Å². The number of aromatic hydroxyl groups is 1. The fraction of sp³-hybridized carbons (Fsp3) is 0.0476. The highest BCUT2D eigenvalue weighted by molar-refractivity contribution is 5.96. The van der Waals surface area contributed by atoms with Gasteiger partial charge in [-0.3, -0.25) is 4.79 Å². The van der Waals surface area contributed by atoms with Crippen LogP contribution < -0.4 is 10.1 Å². The van der Waals surface area contributed by atoms with Gasteiger partial charge in [0.25, 0.3) is 5.91 Å². The first kappa shape index (κ1) is 18.4. The molecule has 0 aliphatic rings. The second kappa shape index (κ2) is 7.86. The Morgan fingerprint density at radius 1 is 1.00 bits per heavy atom. The molecule has 0 saturated heterocycles. The zero-order chi connectivity index (χ0) is 19.4. The summed E-state index contributed by atoms with van der Waals surface area (Å²) in [6, 6.07) is 13.9. The zero-order valence-corrected chi connectivity index (χ0v) is 14.2. The molecule has 4 nitrogen and oxygen atoms in total. The number of benzene rings is 3. The largest absolute Gasteiger partial charge is 0.507 e. The second-order valence-corrected chi connectivity index (χ2v) is 5.84. The van der Waals surface area contributed by atoms with E-state index < -0.39 is 11.7 Å². The van der Waals surface area contributed by atoms with E-state index in [9.17, 15) is 18.7 Å². The number of halogens is 2. The summed E-state index contributed by atoms with van der Waals surface area (Å²) in [5.74, 6) is -0.980. The van der Waals surface area contributed by atoms with Crippen molar-refractivity contribution in [1.29, 1.82) is 0 Å². The van der Waals surface area contributed by atoms with Crippen LogP contribution in [0.1, 0.15) is 21.5 Å². The van der Waals surface area contributed by atoms with Gasteiger partial charge >= 0.3 is 0 Å². The standard InChI is InChI=1S/C21H16F2NO3/c1-13-2-3-14(10-20(13)27-17-7-4-15(22)5-8-17)12-24-21(26)18-11-16(23)6-9-19(18)25/h2-11,25H,1,12H2,(H,24,26). The van der Waals surface area contributed by atoms with E-state index in [2.05, 4.69) is 12.2 Å². The molecule has 0 unspecified atom stereocenters. The average Bonchev–Trinajstić information content (AvgIpc) is 2.66. The molecule has 3 aromatic carbocycles. The first-order chi connectivity index (χ1) is 12.9. The second-order valence-electron chi connectivity index (χ2n) is 5.84. The van der Waals surface area contributed by atoms with Crippen LogP contribution in [0.3, 0.4) is 0 Å². The van der Waals surface area contributed by atoms with Crippen LogP contribution in [-0.2, 0) is 6.54 Å². The van der Waals surface area contributed by atoms with E-state index in [-0.39, 0.29) is 23.7 Å². The van der Waals surface area contributed by atoms with Crippen molar-refractivity contribution in [2.24, 2.45) is 0 Å². The first-order valence-corrected chi connectivity index (χ1v) is 8.07. The van der Waals surface area contributed by atoms with Crippen molar-refractivity contribution in [2.45, 2.75) is 6.54 Å². The number of amides is 1. The monoisotopic (exact) mass is 368 g/mol. The van der Waals surface area contributed by atoms with Gasteiger partial charge in [-0.15, -0.1) is 0 Å². The van der Waals surface area contributed by atoms with Crippen LogP contribution in [0.25, 0.3) is 0 Å². The number of phenols is 1. The van der Waals surface area contributed by atoms with Gasteiger partial charge in [0.1, 0.15) is 28.9 Å². The first-order valence-electron chi connectivity index (χ1n) is 8.07. The van der Waals surface area contributed by atoms with Crippen LogP contribution in [-0.4, -0.2) is 11.0 Å². The van der Waals surface area contributed by atoms with Gasteiger partial charge < -0.3 is 15.2 Å². The number of ether oxygens (including phenoxy) is 1. The average molecular weight is 368 g/mol. The lowest BCUT2D eigenvalue weighted by Crippen LogP contribution is -2.23. The van der Waals surface area contributed by atoms with Gasteiger partial charge in [0.2, 0.25) is 0 Å². The van der Waals surface area contributed by atoms with Gasteiger partial charge in [0.15, 0.2) is 0 Å². The maximum Gasteiger partial charge on any atom is 0.255 e. The number of carbonyl (C=O) groups excluding carboxylic acids is 1. The summed E-state index contributed by atoms with van der Waals surface area (Å²) in [7, 11) is 0. The quantitative estimate of drug-likeness (QED) is 0.693. The molecule has 2 N–H and O–H groups in total. The van der Waals surface area contributed by atoms with Gasteiger partial charge in [-0.2, -0.15) is 0 Å². The predicted octanol–water partition coefficient (Wildman–Crippen LogP) is 4.57. The minimum Gasteiger partial charge on any atom is -0.507 e. The summed E-state index contributed by atoms with van der Waals surface area (Å²) < 4.78 is 32.0. The summed E-state index contributed by atoms with van der Waals surface area (Å²) in [5.41, 5.74) is 1.19. The van der Waals surface area contributed by atoms with Crippen molar-refractivity contribution in [3.05, 3.63) is 95.9 Å². The highest BCUT2D eigenvalue weighted by Gasteiger charge is 2.12. The fourth-order valence-electron chi connectivity index (χ4n) is 2.40. The Bertz CT molecular complexity index is 972. The van der Waals surface area contributed by atoms with E-state index in [1.807, 2.05) is 0 Å². The van der Waals surface area contributed by atoms with Crippen molar-refractivity contribution >= 4 is 5.91 Å². The van der Waals surface area contributed by atoms with Crippen molar-refractivity contribution in [1.82, 2.24) is 5.32 Å². The number of nitrogens with one attached hydrogen (secondary N) is 1. The van der Waals surface area contributed by atoms with Crippen LogP contribution in [0.5, 0.6) is 17.2 Å². The van der Waals surface area contributed by atoms with Crippen molar-refractivity contribution in [3.63, 3.8) is 0 Å². The Morgan fingerprint density at radius 2 is 1.70 bits per heavy atom. The van der Waals surface area contributed by atoms with Crippen LogP contribution in [0.2, 0.25) is 0 Å². The smallest absolute Gasteiger partial charge is 0.255 e. The number of carbonyl (C=O) groups is 1. The van der Waals surface area contributed by atoms with Gasteiger partial charge in [0.05, 0.1) is 5.56 Å². The maximum absolute atomic E-state index is 13.3. The molecule has 0 atom stereocenters. The molecule has 0 fully saturated rings. The van der Waals surface area contributed by atoms with E-state index in [0.29, 0.717) is 22.6 Å². The van der Waals surface area contributed by atoms with Gasteiger partial charge in [-0.05, 0) is 66.6 Å². The molecule has 0 heterocycles. The van der Waals surface area contributed by atoms with Crippen LogP contribution >= 0.6 is 0 Å². The van der Waals surface area contributed by atoms with E-state index >= 15 is 0 Å². The number of hydrogen-bond donors (Lipinski definition) is 2. The normalized spacial score (nSPS) is 10.5. The zero-order valence-electron chi connectivity index (χ0n) is 14.2. The molecule has 6 heteroatoms. The summed E-state index contributed by atoms with van der Waals surface area (Å²) in [5, 5.41) is 12.3. The Hall–Kier alpha value is -3.41. The van der Waals surface area contributed by atoms with Crippen LogP contribution in [0, 0.1) is 18.6 Å². The lowest BCUT2D eigenvalue weighted by atomic mass is 10.1. The summed E-state index contributed by atoms with van der Waals surface area (Å²) in [6.07, 6.45) is 0. The molecular formula is C21H16F2NO3. The van der Waals surface area contributed by atoms with E-state index in [1.165, 1.54) is 24.3 Å². The topological polar surface area (TPSA) is 58.6 Å². The molecule has 0 aliphatic carbocycles. The third-order valence-electron chi connectivity index (χ3n) is 3.83. The van der Waals surface area contributed by atoms with E-state index in [4.69, 9.17) is 4.74 Å². The van der Waals surface area contributed by atoms with E-state index in [1.54, 1.807) is 18.2 Å². The fourth-order valence-corrected chi connectivity index (χ4v) is 2.40. The summed E-state index contributed by atoms with van der Waals surface area (Å²) in [4.78, 5) is 12.1. The predicted molar refractivity (Wildman–Crippen MR) is 96.6 cm³/mol. The van der Waals surface area contributed by atoms with Crippen molar-refractivity contribution < 1.29 is 23.4 Å². The SMILES string of the molecule is [CH2]c1ccc(CNC(=O)c2cc(F)ccc2O)cc1Oc1ccc(F)cc1. The highest BCUT2D eigenvalue weighted by atomic mass is 19.1. The molecule has 0 aromatic heterocycles. The number of rotatable bonds is 5. The molecular weight excluding hydrogens is 352 g/mol. The van der Waals surface area contributed by atoms with Gasteiger partial charge in [0, 0.05) is 6.54 Å². The molecule has 3 aromatic rings. The Kier molecular flexibility index (Phi) is 5.35. The maximum atomic E-state index is 13.3. The summed E-state index contributed by atoms with van der Waals surface area (Å²) in [6.45, 7) is 4.01. The Morgan fingerprint density at radius 3 is 2.44 bits per heavy atom. The molecule has 0 aliphatic heterocycles. The lowest BCUT2D eigenvalue weighted by molar-refractivity contribution is 0.0947. The molecule has 0 saturated carbocycles. The van der Waals surface area contributed by atoms with Crippen molar-refractivity contribution in [3.8, 4) is 17.2 Å². The summed E-state index contributed by atoms with van der Waals surface area (Å²) >= 11 is 0. The highest BCUT2D eigenvalue weighted by Crippen LogP contribution is 2.26. The van der Waals surface area contributed by atoms with Gasteiger partial charge in [-0.25, -0.2) is 8.78 Å². The Labute approximate surface area is 155 Å². The van der Waals surface area contributed by atoms with Crippen LogP contribution in [0.4, 0.5) is 8.78 Å². The molecule has 0 spiro atoms. The molecule has 3 rings (SSSR count). The molecule has 1 amide bonds. The molecule has 27 heavy (non-hydrogen) atoms. The minimum atomic E-state index is -0.616. The molecule has 0 bridgehead atoms. The molecule has 137 valence electrons. The minimum absolute atomic E-state index is 0.134. The van der Waals surface area contributed by atoms with E-state index in [0.717, 1.165) is 18.2 Å². The third-order valence-corrected chi connectivity index (χ3v) is 3.83. The lowest BCUT2D eigenvalue weighted by Gasteiger charge is -2.12. The number of hydrogen-bond acceptors (Lipinski definition) is 3. The third kappa shape index (κ3) is 4.61.